The van der Waals surface area contributed by atoms with Gasteiger partial charge in [0.1, 0.15) is 0 Å². The summed E-state index contributed by atoms with van der Waals surface area (Å²) in [6.07, 6.45) is 14.5. The summed E-state index contributed by atoms with van der Waals surface area (Å²) >= 11 is 0. The molecule has 4 aliphatic rings. The van der Waals surface area contributed by atoms with E-state index in [-0.39, 0.29) is 6.61 Å². The third-order valence-electron chi connectivity index (χ3n) is 10.2. The first-order valence-electron chi connectivity index (χ1n) is 12.3. The zero-order valence-electron chi connectivity index (χ0n) is 18.6. The predicted molar refractivity (Wildman–Crippen MR) is 114 cm³/mol. The van der Waals surface area contributed by atoms with Crippen molar-refractivity contribution in [3.8, 4) is 0 Å². The number of rotatable bonds is 7. The molecule has 4 saturated carbocycles. The van der Waals surface area contributed by atoms with E-state index in [1.54, 1.807) is 0 Å². The van der Waals surface area contributed by atoms with E-state index in [0.717, 1.165) is 48.9 Å². The molecule has 8 unspecified atom stereocenters. The van der Waals surface area contributed by atoms with Crippen LogP contribution in [0.2, 0.25) is 0 Å². The molecule has 4 fully saturated rings. The largest absolute Gasteiger partial charge is 0.481 e. The van der Waals surface area contributed by atoms with E-state index in [1.165, 1.54) is 51.4 Å². The molecule has 4 nitrogen and oxygen atoms in total. The molecule has 0 amide bonds. The van der Waals surface area contributed by atoms with Crippen LogP contribution >= 0.6 is 0 Å². The smallest absolute Gasteiger partial charge is 0.303 e. The Kier molecular flexibility index (Phi) is 6.33. The van der Waals surface area contributed by atoms with Crippen molar-refractivity contribution in [2.45, 2.75) is 97.0 Å². The third kappa shape index (κ3) is 3.89. The highest BCUT2D eigenvalue weighted by Gasteiger charge is 2.59. The number of hydrogen-bond donors (Lipinski definition) is 2. The number of carboxylic acid groups (broad SMARTS) is 1. The molecule has 0 heterocycles. The fourth-order valence-electron chi connectivity index (χ4n) is 8.67. The summed E-state index contributed by atoms with van der Waals surface area (Å²) in [5.74, 6) is 3.50. The first-order chi connectivity index (χ1) is 13.9. The lowest BCUT2D eigenvalue weighted by molar-refractivity contribution is -0.138. The molecular weight excluding hydrogens is 364 g/mol. The Balaban J connectivity index is 1.42. The summed E-state index contributed by atoms with van der Waals surface area (Å²) in [7, 11) is 0. The quantitative estimate of drug-likeness (QED) is 0.604. The highest BCUT2D eigenvalue weighted by molar-refractivity contribution is 5.66. The van der Waals surface area contributed by atoms with Crippen molar-refractivity contribution in [3.05, 3.63) is 0 Å². The number of ether oxygens (including phenoxy) is 1. The Bertz CT molecular complexity index is 591. The number of aliphatic hydroxyl groups excluding tert-OH is 1. The SMILES string of the molecule is CC12CCC3C(CCC4CC(OCCO)CCC43C)C1CCC2CCCC(=O)O. The fraction of sp³-hybridized carbons (Fsp3) is 0.960. The van der Waals surface area contributed by atoms with Gasteiger partial charge in [0.05, 0.1) is 19.3 Å². The molecule has 0 bridgehead atoms. The number of carbonyl (C=O) groups is 1. The van der Waals surface area contributed by atoms with Crippen molar-refractivity contribution in [1.82, 2.24) is 0 Å². The van der Waals surface area contributed by atoms with Crippen LogP contribution in [0.4, 0.5) is 0 Å². The van der Waals surface area contributed by atoms with E-state index in [9.17, 15) is 4.79 Å². The Morgan fingerprint density at radius 3 is 2.52 bits per heavy atom. The molecule has 4 rings (SSSR count). The second-order valence-corrected chi connectivity index (χ2v) is 11.3. The summed E-state index contributed by atoms with van der Waals surface area (Å²) in [5.41, 5.74) is 0.926. The minimum atomic E-state index is -0.641. The van der Waals surface area contributed by atoms with Gasteiger partial charge in [-0.15, -0.1) is 0 Å². The lowest BCUT2D eigenvalue weighted by Gasteiger charge is -2.61. The molecule has 0 aromatic carbocycles. The number of hydrogen-bond acceptors (Lipinski definition) is 3. The highest BCUT2D eigenvalue weighted by atomic mass is 16.5. The monoisotopic (exact) mass is 406 g/mol. The first-order valence-corrected chi connectivity index (χ1v) is 12.3. The van der Waals surface area contributed by atoms with Gasteiger partial charge < -0.3 is 14.9 Å². The van der Waals surface area contributed by atoms with E-state index < -0.39 is 5.97 Å². The number of fused-ring (bicyclic) bond motifs is 5. The van der Waals surface area contributed by atoms with Crippen LogP contribution in [0, 0.1) is 40.4 Å². The lowest BCUT2D eigenvalue weighted by atomic mass is 9.44. The standard InChI is InChI=1S/C25H42O4/c1-24-13-11-22-20(21(24)9-7-17(24)4-3-5-23(27)28)8-6-18-16-19(29-15-14-26)10-12-25(18,22)2/h17-22,26H,3-16H2,1-2H3,(H,27,28). The van der Waals surface area contributed by atoms with Crippen LogP contribution in [-0.4, -0.2) is 35.5 Å². The van der Waals surface area contributed by atoms with Crippen LogP contribution < -0.4 is 0 Å². The normalized spacial score (nSPS) is 46.6. The molecule has 0 saturated heterocycles. The number of carboxylic acids is 1. The van der Waals surface area contributed by atoms with Crippen LogP contribution in [0.25, 0.3) is 0 Å². The van der Waals surface area contributed by atoms with Gasteiger partial charge in [0, 0.05) is 6.42 Å². The molecule has 2 N–H and O–H groups in total. The molecule has 29 heavy (non-hydrogen) atoms. The van der Waals surface area contributed by atoms with Crippen LogP contribution in [-0.2, 0) is 9.53 Å². The zero-order chi connectivity index (χ0) is 20.6. The maximum Gasteiger partial charge on any atom is 0.303 e. The average molecular weight is 407 g/mol. The summed E-state index contributed by atoms with van der Waals surface area (Å²) in [6, 6.07) is 0. The summed E-state index contributed by atoms with van der Waals surface area (Å²) < 4.78 is 5.92. The van der Waals surface area contributed by atoms with E-state index in [1.807, 2.05) is 0 Å². The second kappa shape index (κ2) is 8.49. The van der Waals surface area contributed by atoms with Gasteiger partial charge in [-0.3, -0.25) is 4.79 Å². The Morgan fingerprint density at radius 2 is 1.76 bits per heavy atom. The van der Waals surface area contributed by atoms with Gasteiger partial charge in [-0.05, 0) is 111 Å². The van der Waals surface area contributed by atoms with Gasteiger partial charge in [-0.2, -0.15) is 0 Å². The van der Waals surface area contributed by atoms with Gasteiger partial charge in [-0.1, -0.05) is 13.8 Å². The van der Waals surface area contributed by atoms with Gasteiger partial charge in [0.2, 0.25) is 0 Å². The molecule has 0 aromatic rings. The van der Waals surface area contributed by atoms with Gasteiger partial charge in [0.15, 0.2) is 0 Å². The van der Waals surface area contributed by atoms with E-state index >= 15 is 0 Å². The van der Waals surface area contributed by atoms with E-state index in [0.29, 0.717) is 30.0 Å². The highest BCUT2D eigenvalue weighted by Crippen LogP contribution is 2.68. The maximum atomic E-state index is 11.0. The topological polar surface area (TPSA) is 66.8 Å². The van der Waals surface area contributed by atoms with Crippen molar-refractivity contribution in [2.24, 2.45) is 40.4 Å². The van der Waals surface area contributed by atoms with Crippen molar-refractivity contribution in [2.75, 3.05) is 13.2 Å². The van der Waals surface area contributed by atoms with Crippen molar-refractivity contribution in [1.29, 1.82) is 0 Å². The van der Waals surface area contributed by atoms with Crippen molar-refractivity contribution < 1.29 is 19.7 Å². The minimum absolute atomic E-state index is 0.136. The van der Waals surface area contributed by atoms with Crippen molar-refractivity contribution >= 4 is 5.97 Å². The summed E-state index contributed by atoms with van der Waals surface area (Å²) in [6.45, 7) is 5.78. The van der Waals surface area contributed by atoms with E-state index in [2.05, 4.69) is 13.8 Å². The zero-order valence-corrected chi connectivity index (χ0v) is 18.6. The second-order valence-electron chi connectivity index (χ2n) is 11.3. The molecule has 0 aromatic heterocycles. The number of aliphatic hydroxyl groups is 1. The number of aliphatic carboxylic acids is 1. The van der Waals surface area contributed by atoms with Gasteiger partial charge in [0.25, 0.3) is 0 Å². The predicted octanol–water partition coefficient (Wildman–Crippen LogP) is 5.28. The fourth-order valence-corrected chi connectivity index (χ4v) is 8.67. The molecular formula is C25H42O4. The molecule has 8 atom stereocenters. The van der Waals surface area contributed by atoms with Crippen LogP contribution in [0.1, 0.15) is 90.9 Å². The summed E-state index contributed by atoms with van der Waals surface area (Å²) in [5, 5.41) is 18.1. The summed E-state index contributed by atoms with van der Waals surface area (Å²) in [4.78, 5) is 11.0. The van der Waals surface area contributed by atoms with Gasteiger partial charge >= 0.3 is 5.97 Å². The van der Waals surface area contributed by atoms with Crippen LogP contribution in [0.15, 0.2) is 0 Å². The molecule has 0 spiro atoms. The minimum Gasteiger partial charge on any atom is -0.481 e. The van der Waals surface area contributed by atoms with Crippen LogP contribution in [0.5, 0.6) is 0 Å². The van der Waals surface area contributed by atoms with Gasteiger partial charge in [-0.25, -0.2) is 0 Å². The Labute approximate surface area is 176 Å². The average Bonchev–Trinajstić information content (AvgIpc) is 3.02. The Hall–Kier alpha value is -0.610. The van der Waals surface area contributed by atoms with E-state index in [4.69, 9.17) is 14.9 Å². The van der Waals surface area contributed by atoms with Crippen LogP contribution in [0.3, 0.4) is 0 Å². The maximum absolute atomic E-state index is 11.0. The molecule has 4 heteroatoms. The molecule has 0 aliphatic heterocycles. The first kappa shape index (κ1) is 21.6. The van der Waals surface area contributed by atoms with Crippen molar-refractivity contribution in [3.63, 3.8) is 0 Å². The lowest BCUT2D eigenvalue weighted by Crippen LogP contribution is -2.54. The molecule has 4 aliphatic carbocycles. The molecule has 166 valence electrons. The molecule has 0 radical (unpaired) electrons. The Morgan fingerprint density at radius 1 is 1.00 bits per heavy atom. The third-order valence-corrected chi connectivity index (χ3v) is 10.2.